The maximum absolute atomic E-state index is 6.03. The van der Waals surface area contributed by atoms with E-state index in [2.05, 4.69) is 67.6 Å². The number of hydrogen-bond acceptors (Lipinski definition) is 2. The fourth-order valence-electron chi connectivity index (χ4n) is 2.39. The van der Waals surface area contributed by atoms with Crippen molar-refractivity contribution in [1.29, 1.82) is 0 Å². The van der Waals surface area contributed by atoms with Crippen LogP contribution in [0.25, 0.3) is 0 Å². The van der Waals surface area contributed by atoms with E-state index in [1.807, 2.05) is 0 Å². The second kappa shape index (κ2) is 7.08. The van der Waals surface area contributed by atoms with Crippen LogP contribution in [0.4, 0.5) is 0 Å². The van der Waals surface area contributed by atoms with E-state index in [0.717, 1.165) is 13.2 Å². The molecule has 0 aliphatic heterocycles. The van der Waals surface area contributed by atoms with Crippen LogP contribution in [0.5, 0.6) is 0 Å². The van der Waals surface area contributed by atoms with Crippen LogP contribution in [0.2, 0.25) is 0 Å². The van der Waals surface area contributed by atoms with Gasteiger partial charge in [0.25, 0.3) is 0 Å². The molecule has 0 rings (SSSR count). The first kappa shape index (κ1) is 18.9. The lowest BCUT2D eigenvalue weighted by molar-refractivity contribution is -0.0321. The van der Waals surface area contributed by atoms with Gasteiger partial charge in [0.15, 0.2) is 0 Å². The van der Waals surface area contributed by atoms with Crippen molar-refractivity contribution in [3.8, 4) is 0 Å². The fourth-order valence-corrected chi connectivity index (χ4v) is 2.39. The average Bonchev–Trinajstić information content (AvgIpc) is 2.21. The summed E-state index contributed by atoms with van der Waals surface area (Å²) >= 11 is 0. The number of hydrogen-bond donors (Lipinski definition) is 1. The third-order valence-electron chi connectivity index (χ3n) is 4.12. The Labute approximate surface area is 121 Å². The summed E-state index contributed by atoms with van der Waals surface area (Å²) in [4.78, 5) is 0. The van der Waals surface area contributed by atoms with Crippen molar-refractivity contribution in [2.75, 3.05) is 13.2 Å². The van der Waals surface area contributed by atoms with Gasteiger partial charge >= 0.3 is 0 Å². The minimum atomic E-state index is 0.173. The van der Waals surface area contributed by atoms with Gasteiger partial charge in [0.1, 0.15) is 0 Å². The van der Waals surface area contributed by atoms with Gasteiger partial charge in [-0.15, -0.1) is 0 Å². The van der Waals surface area contributed by atoms with Gasteiger partial charge in [-0.25, -0.2) is 0 Å². The summed E-state index contributed by atoms with van der Waals surface area (Å²) < 4.78 is 6.03. The summed E-state index contributed by atoms with van der Waals surface area (Å²) in [5, 5.41) is 3.46. The maximum Gasteiger partial charge on any atom is 0.0598 e. The molecule has 0 aromatic rings. The van der Waals surface area contributed by atoms with Crippen LogP contribution in [-0.4, -0.2) is 24.8 Å². The summed E-state index contributed by atoms with van der Waals surface area (Å²) in [7, 11) is 0. The molecule has 0 aliphatic rings. The van der Waals surface area contributed by atoms with Gasteiger partial charge in [-0.3, -0.25) is 0 Å². The Balaban J connectivity index is 4.15. The van der Waals surface area contributed by atoms with E-state index in [1.165, 1.54) is 12.8 Å². The molecule has 0 saturated heterocycles. The molecule has 1 N–H and O–H groups in total. The molecule has 0 fully saturated rings. The predicted octanol–water partition coefficient (Wildman–Crippen LogP) is 4.63. The quantitative estimate of drug-likeness (QED) is 0.650. The average molecular weight is 271 g/mol. The molecule has 19 heavy (non-hydrogen) atoms. The van der Waals surface area contributed by atoms with Crippen LogP contribution >= 0.6 is 0 Å². The third-order valence-corrected chi connectivity index (χ3v) is 4.12. The van der Waals surface area contributed by atoms with Crippen molar-refractivity contribution in [2.24, 2.45) is 10.8 Å². The van der Waals surface area contributed by atoms with Gasteiger partial charge in [-0.05, 0) is 44.9 Å². The Kier molecular flexibility index (Phi) is 7.05. The fraction of sp³-hybridized carbons (Fsp3) is 1.00. The monoisotopic (exact) mass is 271 g/mol. The van der Waals surface area contributed by atoms with Crippen LogP contribution in [0.3, 0.4) is 0 Å². The second-order valence-corrected chi connectivity index (χ2v) is 8.37. The van der Waals surface area contributed by atoms with E-state index >= 15 is 0 Å². The first-order valence-corrected chi connectivity index (χ1v) is 7.76. The Morgan fingerprint density at radius 3 is 1.95 bits per heavy atom. The molecular weight excluding hydrogens is 234 g/mol. The van der Waals surface area contributed by atoms with Crippen molar-refractivity contribution < 1.29 is 4.74 Å². The predicted molar refractivity (Wildman–Crippen MR) is 85.6 cm³/mol. The van der Waals surface area contributed by atoms with Gasteiger partial charge in [0, 0.05) is 12.1 Å². The normalized spacial score (nSPS) is 15.6. The zero-order valence-electron chi connectivity index (χ0n) is 14.8. The van der Waals surface area contributed by atoms with Crippen molar-refractivity contribution in [3.05, 3.63) is 0 Å². The third kappa shape index (κ3) is 8.65. The summed E-state index contributed by atoms with van der Waals surface area (Å²) in [6.07, 6.45) is 2.71. The molecule has 0 aromatic heterocycles. The topological polar surface area (TPSA) is 21.3 Å². The molecular formula is C17H37NO. The van der Waals surface area contributed by atoms with Crippen molar-refractivity contribution in [2.45, 2.75) is 86.8 Å². The van der Waals surface area contributed by atoms with Crippen LogP contribution in [0.15, 0.2) is 0 Å². The highest BCUT2D eigenvalue weighted by atomic mass is 16.5. The first-order chi connectivity index (χ1) is 8.40. The minimum absolute atomic E-state index is 0.173. The van der Waals surface area contributed by atoms with Crippen molar-refractivity contribution in [3.63, 3.8) is 0 Å². The number of rotatable bonds is 8. The zero-order valence-corrected chi connectivity index (χ0v) is 14.8. The molecule has 2 nitrogen and oxygen atoms in total. The largest absolute Gasteiger partial charge is 0.377 e. The lowest BCUT2D eigenvalue weighted by Crippen LogP contribution is -2.40. The van der Waals surface area contributed by atoms with E-state index in [4.69, 9.17) is 4.74 Å². The van der Waals surface area contributed by atoms with E-state index in [1.54, 1.807) is 0 Å². The van der Waals surface area contributed by atoms with Crippen LogP contribution in [0, 0.1) is 10.8 Å². The van der Waals surface area contributed by atoms with Gasteiger partial charge in [-0.1, -0.05) is 41.0 Å². The molecule has 2 heteroatoms. The Morgan fingerprint density at radius 2 is 1.53 bits per heavy atom. The molecule has 1 unspecified atom stereocenters. The SMILES string of the molecule is CCC(C)(C)CC(C)(C)C(C)OCCNC(C)(C)C. The molecule has 0 spiro atoms. The van der Waals surface area contributed by atoms with Crippen LogP contribution < -0.4 is 5.32 Å². The standard InChI is InChI=1S/C17H37NO/c1-10-16(6,7)13-17(8,9)14(2)19-12-11-18-15(3,4)5/h14,18H,10-13H2,1-9H3. The van der Waals surface area contributed by atoms with E-state index in [0.29, 0.717) is 11.5 Å². The number of ether oxygens (including phenoxy) is 1. The lowest BCUT2D eigenvalue weighted by atomic mass is 9.71. The van der Waals surface area contributed by atoms with Crippen LogP contribution in [-0.2, 0) is 4.74 Å². The van der Waals surface area contributed by atoms with E-state index in [9.17, 15) is 0 Å². The van der Waals surface area contributed by atoms with Crippen molar-refractivity contribution in [1.82, 2.24) is 5.32 Å². The molecule has 0 heterocycles. The molecule has 116 valence electrons. The van der Waals surface area contributed by atoms with Crippen molar-refractivity contribution >= 4 is 0 Å². The summed E-state index contributed by atoms with van der Waals surface area (Å²) in [5.74, 6) is 0. The summed E-state index contributed by atoms with van der Waals surface area (Å²) in [5.41, 5.74) is 0.790. The first-order valence-electron chi connectivity index (χ1n) is 7.76. The molecule has 0 aliphatic carbocycles. The molecule has 0 radical (unpaired) electrons. The van der Waals surface area contributed by atoms with Gasteiger partial charge in [0.2, 0.25) is 0 Å². The second-order valence-electron chi connectivity index (χ2n) is 8.37. The Bertz CT molecular complexity index is 250. The van der Waals surface area contributed by atoms with Gasteiger partial charge in [0.05, 0.1) is 12.7 Å². The Hall–Kier alpha value is -0.0800. The lowest BCUT2D eigenvalue weighted by Gasteiger charge is -2.38. The highest BCUT2D eigenvalue weighted by Gasteiger charge is 2.32. The van der Waals surface area contributed by atoms with E-state index < -0.39 is 0 Å². The molecule has 1 atom stereocenters. The molecule has 0 bridgehead atoms. The van der Waals surface area contributed by atoms with Gasteiger partial charge in [-0.2, -0.15) is 0 Å². The van der Waals surface area contributed by atoms with Crippen LogP contribution in [0.1, 0.15) is 75.2 Å². The Morgan fingerprint density at radius 1 is 1.00 bits per heavy atom. The van der Waals surface area contributed by atoms with Gasteiger partial charge < -0.3 is 10.1 Å². The maximum atomic E-state index is 6.03. The smallest absolute Gasteiger partial charge is 0.0598 e. The molecule has 0 saturated carbocycles. The molecule has 0 aromatic carbocycles. The minimum Gasteiger partial charge on any atom is -0.377 e. The highest BCUT2D eigenvalue weighted by molar-refractivity contribution is 4.83. The summed E-state index contributed by atoms with van der Waals surface area (Å²) in [6, 6.07) is 0. The number of nitrogens with one attached hydrogen (secondary N) is 1. The summed E-state index contributed by atoms with van der Waals surface area (Å²) in [6.45, 7) is 22.1. The molecule has 0 amide bonds. The zero-order chi connectivity index (χ0) is 15.3. The highest BCUT2D eigenvalue weighted by Crippen LogP contribution is 2.39. The van der Waals surface area contributed by atoms with E-state index in [-0.39, 0.29) is 11.0 Å².